The lowest BCUT2D eigenvalue weighted by Crippen LogP contribution is -2.19. The van der Waals surface area contributed by atoms with Crippen LogP contribution in [-0.4, -0.2) is 22.6 Å². The van der Waals surface area contributed by atoms with Crippen LogP contribution in [0.5, 0.6) is 0 Å². The number of rotatable bonds is 3. The molecular formula is C12H15BrN4S. The van der Waals surface area contributed by atoms with Crippen molar-refractivity contribution in [2.24, 2.45) is 5.73 Å². The van der Waals surface area contributed by atoms with E-state index in [1.54, 1.807) is 11.3 Å². The third-order valence-corrected chi connectivity index (χ3v) is 4.73. The standard InChI is InChI=1S/C12H15BrN4S/c13-10-3-2-9(18-10)11-8(4-5-14)17-7-1-6-15-12(17)16-11/h2-3H,1,4-7,14H2,(H,15,16). The number of hydrogen-bond donors (Lipinski definition) is 2. The van der Waals surface area contributed by atoms with E-state index in [1.807, 2.05) is 0 Å². The summed E-state index contributed by atoms with van der Waals surface area (Å²) in [5.74, 6) is 0.990. The average molecular weight is 327 g/mol. The molecule has 1 aliphatic heterocycles. The summed E-state index contributed by atoms with van der Waals surface area (Å²) >= 11 is 5.22. The molecule has 0 atom stereocenters. The number of nitrogens with two attached hydrogens (primary N) is 1. The zero-order valence-electron chi connectivity index (χ0n) is 9.95. The zero-order chi connectivity index (χ0) is 12.5. The van der Waals surface area contributed by atoms with Gasteiger partial charge in [0, 0.05) is 25.2 Å². The van der Waals surface area contributed by atoms with Crippen molar-refractivity contribution in [1.29, 1.82) is 0 Å². The predicted molar refractivity (Wildman–Crippen MR) is 79.1 cm³/mol. The fourth-order valence-electron chi connectivity index (χ4n) is 2.33. The van der Waals surface area contributed by atoms with E-state index >= 15 is 0 Å². The summed E-state index contributed by atoms with van der Waals surface area (Å²) in [6, 6.07) is 4.18. The van der Waals surface area contributed by atoms with Gasteiger partial charge in [-0.2, -0.15) is 0 Å². The van der Waals surface area contributed by atoms with Crippen LogP contribution in [0.3, 0.4) is 0 Å². The van der Waals surface area contributed by atoms with Crippen LogP contribution >= 0.6 is 27.3 Å². The molecule has 0 aromatic carbocycles. The fourth-order valence-corrected chi connectivity index (χ4v) is 3.73. The number of thiophene rings is 1. The van der Waals surface area contributed by atoms with Crippen LogP contribution in [-0.2, 0) is 13.0 Å². The molecule has 18 heavy (non-hydrogen) atoms. The van der Waals surface area contributed by atoms with Gasteiger partial charge in [-0.15, -0.1) is 11.3 Å². The van der Waals surface area contributed by atoms with Crippen molar-refractivity contribution in [3.05, 3.63) is 21.6 Å². The van der Waals surface area contributed by atoms with Crippen LogP contribution in [0, 0.1) is 0 Å². The molecule has 2 aromatic rings. The highest BCUT2D eigenvalue weighted by molar-refractivity contribution is 9.11. The van der Waals surface area contributed by atoms with E-state index in [2.05, 4.69) is 37.9 Å². The maximum absolute atomic E-state index is 5.74. The van der Waals surface area contributed by atoms with E-state index < -0.39 is 0 Å². The molecule has 0 spiro atoms. The second-order valence-corrected chi connectivity index (χ2v) is 6.77. The first-order valence-electron chi connectivity index (χ1n) is 6.08. The first-order valence-corrected chi connectivity index (χ1v) is 7.69. The second-order valence-electron chi connectivity index (χ2n) is 4.31. The summed E-state index contributed by atoms with van der Waals surface area (Å²) in [4.78, 5) is 5.94. The van der Waals surface area contributed by atoms with Gasteiger partial charge in [-0.25, -0.2) is 4.98 Å². The van der Waals surface area contributed by atoms with E-state index in [9.17, 15) is 0 Å². The fraction of sp³-hybridized carbons (Fsp3) is 0.417. The highest BCUT2D eigenvalue weighted by atomic mass is 79.9. The lowest BCUT2D eigenvalue weighted by Gasteiger charge is -2.17. The smallest absolute Gasteiger partial charge is 0.203 e. The Hall–Kier alpha value is -0.850. The van der Waals surface area contributed by atoms with Gasteiger partial charge in [0.15, 0.2) is 0 Å². The Morgan fingerprint density at radius 1 is 1.50 bits per heavy atom. The van der Waals surface area contributed by atoms with E-state index in [-0.39, 0.29) is 0 Å². The van der Waals surface area contributed by atoms with Crippen molar-refractivity contribution in [2.75, 3.05) is 18.4 Å². The van der Waals surface area contributed by atoms with Gasteiger partial charge in [-0.05, 0) is 41.0 Å². The molecule has 0 aliphatic carbocycles. The molecule has 0 saturated heterocycles. The van der Waals surface area contributed by atoms with Crippen LogP contribution in [0.4, 0.5) is 5.95 Å². The average Bonchev–Trinajstić information content (AvgIpc) is 2.95. The van der Waals surface area contributed by atoms with E-state index in [0.29, 0.717) is 6.54 Å². The normalized spacial score (nSPS) is 14.3. The van der Waals surface area contributed by atoms with Gasteiger partial charge in [0.2, 0.25) is 5.95 Å². The molecule has 0 bridgehead atoms. The number of halogens is 1. The molecule has 2 aromatic heterocycles. The van der Waals surface area contributed by atoms with E-state index in [1.165, 1.54) is 10.6 Å². The maximum Gasteiger partial charge on any atom is 0.203 e. The number of fused-ring (bicyclic) bond motifs is 1. The molecule has 96 valence electrons. The molecule has 3 heterocycles. The van der Waals surface area contributed by atoms with Crippen molar-refractivity contribution >= 4 is 33.2 Å². The summed E-state index contributed by atoms with van der Waals surface area (Å²) in [7, 11) is 0. The molecule has 6 heteroatoms. The first kappa shape index (κ1) is 12.2. The molecule has 0 radical (unpaired) electrons. The minimum Gasteiger partial charge on any atom is -0.356 e. The summed E-state index contributed by atoms with van der Waals surface area (Å²) in [6.07, 6.45) is 2.02. The molecule has 0 fully saturated rings. The SMILES string of the molecule is NCCc1c(-c2ccc(Br)s2)nc2n1CCCN2. The minimum atomic E-state index is 0.657. The summed E-state index contributed by atoms with van der Waals surface area (Å²) in [5, 5.41) is 3.36. The minimum absolute atomic E-state index is 0.657. The third kappa shape index (κ3) is 2.08. The number of aromatic nitrogens is 2. The van der Waals surface area contributed by atoms with Gasteiger partial charge in [0.1, 0.15) is 5.69 Å². The Kier molecular flexibility index (Phi) is 3.41. The molecular weight excluding hydrogens is 312 g/mol. The summed E-state index contributed by atoms with van der Waals surface area (Å²) < 4.78 is 3.41. The molecule has 3 N–H and O–H groups in total. The molecule has 1 aliphatic rings. The van der Waals surface area contributed by atoms with Gasteiger partial charge in [-0.3, -0.25) is 0 Å². The second kappa shape index (κ2) is 5.03. The first-order chi connectivity index (χ1) is 8.79. The van der Waals surface area contributed by atoms with Crippen LogP contribution in [0.15, 0.2) is 15.9 Å². The third-order valence-electron chi connectivity index (χ3n) is 3.10. The summed E-state index contributed by atoms with van der Waals surface area (Å²) in [6.45, 7) is 2.70. The van der Waals surface area contributed by atoms with Crippen molar-refractivity contribution < 1.29 is 0 Å². The van der Waals surface area contributed by atoms with Crippen molar-refractivity contribution in [1.82, 2.24) is 9.55 Å². The molecule has 3 rings (SSSR count). The molecule has 0 amide bonds. The molecule has 4 nitrogen and oxygen atoms in total. The van der Waals surface area contributed by atoms with E-state index in [4.69, 9.17) is 10.7 Å². The number of nitrogens with one attached hydrogen (secondary N) is 1. The Balaban J connectivity index is 2.10. The quantitative estimate of drug-likeness (QED) is 0.911. The highest BCUT2D eigenvalue weighted by Crippen LogP contribution is 2.35. The van der Waals surface area contributed by atoms with Crippen LogP contribution in [0.25, 0.3) is 10.6 Å². The maximum atomic E-state index is 5.74. The monoisotopic (exact) mass is 326 g/mol. The Bertz CT molecular complexity index is 560. The predicted octanol–water partition coefficient (Wildman–Crippen LogP) is 2.69. The van der Waals surface area contributed by atoms with Gasteiger partial charge in [0.05, 0.1) is 8.66 Å². The summed E-state index contributed by atoms with van der Waals surface area (Å²) in [5.41, 5.74) is 8.08. The molecule has 0 saturated carbocycles. The number of imidazole rings is 1. The van der Waals surface area contributed by atoms with Crippen molar-refractivity contribution in [3.63, 3.8) is 0 Å². The Labute approximate surface area is 118 Å². The topological polar surface area (TPSA) is 55.9 Å². The van der Waals surface area contributed by atoms with Gasteiger partial charge >= 0.3 is 0 Å². The lowest BCUT2D eigenvalue weighted by atomic mass is 10.2. The highest BCUT2D eigenvalue weighted by Gasteiger charge is 2.20. The Morgan fingerprint density at radius 2 is 2.39 bits per heavy atom. The van der Waals surface area contributed by atoms with Crippen LogP contribution in [0.2, 0.25) is 0 Å². The number of nitrogens with zero attached hydrogens (tertiary/aromatic N) is 2. The number of hydrogen-bond acceptors (Lipinski definition) is 4. The van der Waals surface area contributed by atoms with Crippen molar-refractivity contribution in [2.45, 2.75) is 19.4 Å². The number of anilines is 1. The van der Waals surface area contributed by atoms with Crippen LogP contribution in [0.1, 0.15) is 12.1 Å². The van der Waals surface area contributed by atoms with Crippen molar-refractivity contribution in [3.8, 4) is 10.6 Å². The van der Waals surface area contributed by atoms with Crippen LogP contribution < -0.4 is 11.1 Å². The van der Waals surface area contributed by atoms with E-state index in [0.717, 1.165) is 41.4 Å². The van der Waals surface area contributed by atoms with Gasteiger partial charge < -0.3 is 15.6 Å². The Morgan fingerprint density at radius 3 is 3.11 bits per heavy atom. The molecule has 0 unspecified atom stereocenters. The lowest BCUT2D eigenvalue weighted by molar-refractivity contribution is 0.603. The van der Waals surface area contributed by atoms with Gasteiger partial charge in [0.25, 0.3) is 0 Å². The largest absolute Gasteiger partial charge is 0.356 e. The zero-order valence-corrected chi connectivity index (χ0v) is 12.4. The van der Waals surface area contributed by atoms with Gasteiger partial charge in [-0.1, -0.05) is 0 Å².